The van der Waals surface area contributed by atoms with Crippen LogP contribution in [0.4, 0.5) is 11.4 Å². The van der Waals surface area contributed by atoms with E-state index in [9.17, 15) is 14.9 Å². The highest BCUT2D eigenvalue weighted by Crippen LogP contribution is 2.32. The zero-order chi connectivity index (χ0) is 16.4. The molecule has 1 aliphatic rings. The predicted octanol–water partition coefficient (Wildman–Crippen LogP) is 3.51. The van der Waals surface area contributed by atoms with Gasteiger partial charge in [0, 0.05) is 19.2 Å². The van der Waals surface area contributed by atoms with Gasteiger partial charge in [0.2, 0.25) is 5.12 Å². The Hall–Kier alpha value is -1.89. The minimum absolute atomic E-state index is 0.0441. The number of aliphatic imine (C=N–C) groups is 1. The van der Waals surface area contributed by atoms with Gasteiger partial charge in [-0.25, -0.2) is 4.99 Å². The van der Waals surface area contributed by atoms with Crippen LogP contribution in [0.1, 0.15) is 25.8 Å². The number of amidine groups is 1. The second-order valence-corrected chi connectivity index (χ2v) is 6.77. The molecule has 0 spiro atoms. The summed E-state index contributed by atoms with van der Waals surface area (Å²) in [6, 6.07) is 4.39. The molecule has 1 aromatic rings. The quantitative estimate of drug-likeness (QED) is 0.626. The van der Waals surface area contributed by atoms with E-state index in [1.807, 2.05) is 11.9 Å². The maximum atomic E-state index is 12.1. The number of nitro benzene ring substituents is 1. The summed E-state index contributed by atoms with van der Waals surface area (Å²) in [5.74, 6) is 0.428. The number of rotatable bonds is 4. The Morgan fingerprint density at radius 2 is 2.14 bits per heavy atom. The fourth-order valence-corrected chi connectivity index (χ4v) is 3.29. The summed E-state index contributed by atoms with van der Waals surface area (Å²) in [5, 5.41) is 11.5. The number of likely N-dealkylation sites (N-methyl/N-ethyl adjacent to an activating group) is 1. The normalized spacial score (nSPS) is 20.2. The van der Waals surface area contributed by atoms with Crippen molar-refractivity contribution in [3.05, 3.63) is 33.9 Å². The Kier molecular flexibility index (Phi) is 4.85. The summed E-state index contributed by atoms with van der Waals surface area (Å²) in [4.78, 5) is 28.8. The number of nitrogens with zero attached hydrogens (tertiary/aromatic N) is 3. The van der Waals surface area contributed by atoms with Gasteiger partial charge in [-0.1, -0.05) is 13.8 Å². The molecule has 22 heavy (non-hydrogen) atoms. The fraction of sp³-hybridized carbons (Fsp3) is 0.467. The summed E-state index contributed by atoms with van der Waals surface area (Å²) in [5.41, 5.74) is 1.41. The van der Waals surface area contributed by atoms with Gasteiger partial charge in [0.05, 0.1) is 10.6 Å². The number of thioether (sulfide) groups is 1. The molecule has 0 aromatic heterocycles. The molecule has 1 atom stereocenters. The first-order valence-corrected chi connectivity index (χ1v) is 7.89. The lowest BCUT2D eigenvalue weighted by Gasteiger charge is -2.20. The average molecular weight is 321 g/mol. The van der Waals surface area contributed by atoms with Crippen LogP contribution in [0, 0.1) is 23.0 Å². The van der Waals surface area contributed by atoms with Gasteiger partial charge in [0.1, 0.15) is 6.04 Å². The predicted molar refractivity (Wildman–Crippen MR) is 88.5 cm³/mol. The Labute approximate surface area is 133 Å². The van der Waals surface area contributed by atoms with E-state index in [-0.39, 0.29) is 16.8 Å². The van der Waals surface area contributed by atoms with Crippen LogP contribution in [0.3, 0.4) is 0 Å². The summed E-state index contributed by atoms with van der Waals surface area (Å²) < 4.78 is 0. The van der Waals surface area contributed by atoms with Gasteiger partial charge in [-0.15, -0.1) is 0 Å². The van der Waals surface area contributed by atoms with Crippen LogP contribution >= 0.6 is 11.8 Å². The van der Waals surface area contributed by atoms with Crippen LogP contribution < -0.4 is 0 Å². The van der Waals surface area contributed by atoms with Gasteiger partial charge < -0.3 is 4.90 Å². The van der Waals surface area contributed by atoms with Crippen molar-refractivity contribution < 1.29 is 9.72 Å². The fourth-order valence-electron chi connectivity index (χ4n) is 2.31. The van der Waals surface area contributed by atoms with Crippen LogP contribution in [-0.4, -0.2) is 33.2 Å². The smallest absolute Gasteiger partial charge is 0.269 e. The molecule has 7 heteroatoms. The third kappa shape index (κ3) is 3.47. The molecule has 0 N–H and O–H groups in total. The molecule has 1 aromatic carbocycles. The van der Waals surface area contributed by atoms with Crippen molar-refractivity contribution in [1.82, 2.24) is 4.90 Å². The Balaban J connectivity index is 2.27. The third-order valence-corrected chi connectivity index (χ3v) is 4.57. The lowest BCUT2D eigenvalue weighted by molar-refractivity contribution is -0.384. The number of hydrogen-bond acceptors (Lipinski definition) is 5. The molecular formula is C15H19N3O3S. The van der Waals surface area contributed by atoms with Crippen molar-refractivity contribution in [2.45, 2.75) is 33.2 Å². The maximum absolute atomic E-state index is 12.1. The van der Waals surface area contributed by atoms with Gasteiger partial charge >= 0.3 is 0 Å². The second-order valence-electron chi connectivity index (χ2n) is 5.80. The van der Waals surface area contributed by atoms with Gasteiger partial charge in [-0.3, -0.25) is 14.9 Å². The van der Waals surface area contributed by atoms with E-state index in [1.165, 1.54) is 12.1 Å². The molecule has 0 unspecified atom stereocenters. The van der Waals surface area contributed by atoms with Crippen molar-refractivity contribution in [2.24, 2.45) is 10.9 Å². The highest BCUT2D eigenvalue weighted by atomic mass is 32.2. The molecule has 0 radical (unpaired) electrons. The number of carbonyl (C=O) groups excluding carboxylic acids is 1. The van der Waals surface area contributed by atoms with Crippen molar-refractivity contribution in [3.63, 3.8) is 0 Å². The summed E-state index contributed by atoms with van der Waals surface area (Å²) in [6.45, 7) is 5.95. The third-order valence-electron chi connectivity index (χ3n) is 3.54. The number of hydrogen-bond donors (Lipinski definition) is 0. The Morgan fingerprint density at radius 3 is 2.68 bits per heavy atom. The molecular weight excluding hydrogens is 302 g/mol. The van der Waals surface area contributed by atoms with E-state index in [0.29, 0.717) is 16.8 Å². The Morgan fingerprint density at radius 1 is 1.45 bits per heavy atom. The molecule has 0 bridgehead atoms. The lowest BCUT2D eigenvalue weighted by Crippen LogP contribution is -2.33. The molecule has 2 rings (SSSR count). The average Bonchev–Trinajstić information content (AvgIpc) is 2.68. The van der Waals surface area contributed by atoms with E-state index in [0.717, 1.165) is 23.7 Å². The standard InChI is InChI=1S/C15H19N3O3S/c1-9(2)7-13-14(19)22-15(17(13)4)16-12-6-5-11(18(20)21)8-10(12)3/h5-6,8-9,13H,7H2,1-4H3/t13-/m0/s1. The molecule has 0 aliphatic carbocycles. The molecule has 1 fully saturated rings. The monoisotopic (exact) mass is 321 g/mol. The van der Waals surface area contributed by atoms with Crippen LogP contribution in [0.15, 0.2) is 23.2 Å². The van der Waals surface area contributed by atoms with Gasteiger partial charge in [0.15, 0.2) is 5.17 Å². The van der Waals surface area contributed by atoms with Gasteiger partial charge in [-0.2, -0.15) is 0 Å². The number of benzene rings is 1. The SMILES string of the molecule is Cc1cc([N+](=O)[O-])ccc1N=C1SC(=O)[C@H](CC(C)C)N1C. The van der Waals surface area contributed by atoms with E-state index in [4.69, 9.17) is 0 Å². The number of carbonyl (C=O) groups is 1. The molecule has 1 aliphatic heterocycles. The van der Waals surface area contributed by atoms with Crippen LogP contribution in [0.5, 0.6) is 0 Å². The minimum Gasteiger partial charge on any atom is -0.343 e. The molecule has 0 amide bonds. The maximum Gasteiger partial charge on any atom is 0.269 e. The van der Waals surface area contributed by atoms with E-state index < -0.39 is 4.92 Å². The topological polar surface area (TPSA) is 75.8 Å². The first kappa shape index (κ1) is 16.5. The van der Waals surface area contributed by atoms with Gasteiger partial charge in [-0.05, 0) is 42.7 Å². The first-order chi connectivity index (χ1) is 10.3. The molecule has 1 heterocycles. The van der Waals surface area contributed by atoms with Crippen LogP contribution in [-0.2, 0) is 4.79 Å². The van der Waals surface area contributed by atoms with Crippen LogP contribution in [0.2, 0.25) is 0 Å². The van der Waals surface area contributed by atoms with Crippen molar-refractivity contribution in [1.29, 1.82) is 0 Å². The lowest BCUT2D eigenvalue weighted by atomic mass is 10.0. The molecule has 6 nitrogen and oxygen atoms in total. The molecule has 1 saturated heterocycles. The number of nitro groups is 1. The highest BCUT2D eigenvalue weighted by molar-refractivity contribution is 8.26. The van der Waals surface area contributed by atoms with E-state index in [2.05, 4.69) is 18.8 Å². The van der Waals surface area contributed by atoms with E-state index >= 15 is 0 Å². The zero-order valence-electron chi connectivity index (χ0n) is 13.1. The van der Waals surface area contributed by atoms with Crippen molar-refractivity contribution in [3.8, 4) is 0 Å². The number of non-ortho nitro benzene ring substituents is 1. The van der Waals surface area contributed by atoms with Crippen LogP contribution in [0.25, 0.3) is 0 Å². The summed E-state index contributed by atoms with van der Waals surface area (Å²) >= 11 is 1.14. The van der Waals surface area contributed by atoms with E-state index in [1.54, 1.807) is 13.0 Å². The first-order valence-electron chi connectivity index (χ1n) is 7.08. The van der Waals surface area contributed by atoms with Gasteiger partial charge in [0.25, 0.3) is 5.69 Å². The largest absolute Gasteiger partial charge is 0.343 e. The molecule has 0 saturated carbocycles. The van der Waals surface area contributed by atoms with Crippen molar-refractivity contribution >= 4 is 33.4 Å². The molecule has 118 valence electrons. The summed E-state index contributed by atoms with van der Waals surface area (Å²) in [6.07, 6.45) is 0.792. The Bertz CT molecular complexity index is 643. The zero-order valence-corrected chi connectivity index (χ0v) is 13.9. The minimum atomic E-state index is -0.428. The van der Waals surface area contributed by atoms with Crippen molar-refractivity contribution in [2.75, 3.05) is 7.05 Å². The number of aryl methyl sites for hydroxylation is 1. The second kappa shape index (κ2) is 6.48. The highest BCUT2D eigenvalue weighted by Gasteiger charge is 2.35. The summed E-state index contributed by atoms with van der Waals surface area (Å²) in [7, 11) is 1.87.